The van der Waals surface area contributed by atoms with Crippen molar-refractivity contribution in [3.63, 3.8) is 0 Å². The van der Waals surface area contributed by atoms with Crippen LogP contribution in [0.25, 0.3) is 0 Å². The number of carbonyl (C=O) groups is 1. The average Bonchev–Trinajstić information content (AvgIpc) is 2.73. The van der Waals surface area contributed by atoms with Gasteiger partial charge in [-0.2, -0.15) is 17.5 Å². The van der Waals surface area contributed by atoms with Crippen LogP contribution in [0.4, 0.5) is 19.0 Å². The molecule has 0 aliphatic carbocycles. The first-order valence-corrected chi connectivity index (χ1v) is 11.7. The number of primary amides is 1. The standard InChI is InChI=1S/C19H27F3N4O4S/c20-19(21,22)6-1-2-14-3-4-16(24-13-14)25-7-9-26(10-8-25)31(28,29)17-12-15(18(23)27)5-11-30-17/h3-4,13,15,17H,1-2,5-12H2,(H2,23,27). The van der Waals surface area contributed by atoms with Crippen LogP contribution in [0.1, 0.15) is 31.2 Å². The Morgan fingerprint density at radius 3 is 2.52 bits per heavy atom. The van der Waals surface area contributed by atoms with E-state index >= 15 is 0 Å². The molecule has 2 aliphatic rings. The largest absolute Gasteiger partial charge is 0.389 e. The number of hydrogen-bond acceptors (Lipinski definition) is 6. The van der Waals surface area contributed by atoms with Crippen LogP contribution in [0.5, 0.6) is 0 Å². The highest BCUT2D eigenvalue weighted by Gasteiger charge is 2.39. The zero-order valence-corrected chi connectivity index (χ0v) is 17.9. The predicted molar refractivity (Wildman–Crippen MR) is 108 cm³/mol. The molecule has 31 heavy (non-hydrogen) atoms. The molecule has 2 unspecified atom stereocenters. The molecule has 1 aromatic rings. The van der Waals surface area contributed by atoms with E-state index in [0.29, 0.717) is 31.7 Å². The van der Waals surface area contributed by atoms with Crippen molar-refractivity contribution < 1.29 is 31.1 Å². The molecule has 3 heterocycles. The Morgan fingerprint density at radius 2 is 1.94 bits per heavy atom. The molecule has 1 amide bonds. The SMILES string of the molecule is NC(=O)C1CCOC(S(=O)(=O)N2CCN(c3ccc(CCCC(F)(F)F)cn3)CC2)C1. The molecule has 12 heteroatoms. The molecule has 0 saturated carbocycles. The summed E-state index contributed by atoms with van der Waals surface area (Å²) in [6, 6.07) is 3.50. The lowest BCUT2D eigenvalue weighted by Gasteiger charge is -2.37. The molecule has 2 aliphatic heterocycles. The van der Waals surface area contributed by atoms with Gasteiger partial charge in [-0.25, -0.2) is 13.4 Å². The second kappa shape index (κ2) is 9.70. The molecule has 0 aromatic carbocycles. The number of halogens is 3. The van der Waals surface area contributed by atoms with Gasteiger partial charge in [-0.05, 0) is 30.9 Å². The minimum absolute atomic E-state index is 0.0148. The minimum atomic E-state index is -4.16. The Hall–Kier alpha value is -1.92. The summed E-state index contributed by atoms with van der Waals surface area (Å²) in [5.41, 5.74) is 4.98. The van der Waals surface area contributed by atoms with Gasteiger partial charge in [0.25, 0.3) is 0 Å². The van der Waals surface area contributed by atoms with Gasteiger partial charge >= 0.3 is 6.18 Å². The zero-order valence-electron chi connectivity index (χ0n) is 17.1. The Morgan fingerprint density at radius 1 is 1.23 bits per heavy atom. The maximum absolute atomic E-state index is 12.9. The van der Waals surface area contributed by atoms with E-state index in [1.807, 2.05) is 4.90 Å². The van der Waals surface area contributed by atoms with E-state index in [1.165, 1.54) is 4.31 Å². The lowest BCUT2D eigenvalue weighted by molar-refractivity contribution is -0.135. The van der Waals surface area contributed by atoms with Crippen LogP contribution in [-0.4, -0.2) is 68.0 Å². The average molecular weight is 465 g/mol. The first kappa shape index (κ1) is 23.7. The second-order valence-corrected chi connectivity index (χ2v) is 9.92. The number of anilines is 1. The fraction of sp³-hybridized carbons (Fsp3) is 0.684. The number of alkyl halides is 3. The number of nitrogens with zero attached hydrogens (tertiary/aromatic N) is 3. The molecule has 0 spiro atoms. The number of ether oxygens (including phenoxy) is 1. The van der Waals surface area contributed by atoms with Gasteiger partial charge < -0.3 is 15.4 Å². The highest BCUT2D eigenvalue weighted by molar-refractivity contribution is 7.89. The van der Waals surface area contributed by atoms with Crippen molar-refractivity contribution in [1.82, 2.24) is 9.29 Å². The first-order chi connectivity index (χ1) is 14.6. The third kappa shape index (κ3) is 6.30. The van der Waals surface area contributed by atoms with Crippen LogP contribution in [0, 0.1) is 5.92 Å². The lowest BCUT2D eigenvalue weighted by atomic mass is 10.00. The molecule has 174 valence electrons. The third-order valence-corrected chi connectivity index (χ3v) is 7.72. The smallest absolute Gasteiger partial charge is 0.369 e. The monoisotopic (exact) mass is 464 g/mol. The van der Waals surface area contributed by atoms with Gasteiger partial charge in [0, 0.05) is 57.7 Å². The number of aromatic nitrogens is 1. The van der Waals surface area contributed by atoms with Gasteiger partial charge in [-0.1, -0.05) is 6.07 Å². The summed E-state index contributed by atoms with van der Waals surface area (Å²) in [5.74, 6) is -0.366. The van der Waals surface area contributed by atoms with E-state index in [2.05, 4.69) is 4.98 Å². The number of carbonyl (C=O) groups excluding carboxylic acids is 1. The molecule has 2 fully saturated rings. The Balaban J connectivity index is 1.52. The second-order valence-electron chi connectivity index (χ2n) is 7.85. The number of nitrogens with two attached hydrogens (primary N) is 1. The van der Waals surface area contributed by atoms with Crippen LogP contribution >= 0.6 is 0 Å². The van der Waals surface area contributed by atoms with Crippen LogP contribution in [-0.2, 0) is 26.0 Å². The molecule has 1 aromatic heterocycles. The maximum atomic E-state index is 12.9. The summed E-state index contributed by atoms with van der Waals surface area (Å²) >= 11 is 0. The normalized spacial score (nSPS) is 23.6. The first-order valence-electron chi connectivity index (χ1n) is 10.2. The third-order valence-electron chi connectivity index (χ3n) is 5.64. The van der Waals surface area contributed by atoms with Crippen molar-refractivity contribution in [3.8, 4) is 0 Å². The number of piperazine rings is 1. The Kier molecular flexibility index (Phi) is 7.43. The molecule has 3 rings (SSSR count). The van der Waals surface area contributed by atoms with E-state index in [0.717, 1.165) is 5.56 Å². The molecule has 2 atom stereocenters. The molecule has 0 radical (unpaired) electrons. The zero-order chi connectivity index (χ0) is 22.6. The van der Waals surface area contributed by atoms with Crippen molar-refractivity contribution >= 4 is 21.7 Å². The summed E-state index contributed by atoms with van der Waals surface area (Å²) < 4.78 is 69.4. The number of rotatable bonds is 7. The van der Waals surface area contributed by atoms with Crippen molar-refractivity contribution in [2.45, 2.75) is 43.7 Å². The van der Waals surface area contributed by atoms with Crippen LogP contribution < -0.4 is 10.6 Å². The quantitative estimate of drug-likeness (QED) is 0.658. The van der Waals surface area contributed by atoms with Crippen molar-refractivity contribution in [1.29, 1.82) is 0 Å². The van der Waals surface area contributed by atoms with Gasteiger partial charge in [-0.15, -0.1) is 0 Å². The lowest BCUT2D eigenvalue weighted by Crippen LogP contribution is -2.53. The Bertz CT molecular complexity index is 856. The van der Waals surface area contributed by atoms with Crippen molar-refractivity contribution in [2.24, 2.45) is 11.7 Å². The topological polar surface area (TPSA) is 106 Å². The number of sulfonamides is 1. The molecule has 2 N–H and O–H groups in total. The van der Waals surface area contributed by atoms with Gasteiger partial charge in [0.05, 0.1) is 0 Å². The molecular formula is C19H27F3N4O4S. The molecular weight excluding hydrogens is 437 g/mol. The fourth-order valence-electron chi connectivity index (χ4n) is 3.81. The van der Waals surface area contributed by atoms with Gasteiger partial charge in [0.15, 0.2) is 5.44 Å². The highest BCUT2D eigenvalue weighted by Crippen LogP contribution is 2.27. The van der Waals surface area contributed by atoms with Crippen molar-refractivity contribution in [3.05, 3.63) is 23.9 Å². The predicted octanol–water partition coefficient (Wildman–Crippen LogP) is 1.66. The number of aryl methyl sites for hydroxylation is 1. The van der Waals surface area contributed by atoms with Gasteiger partial charge in [0.2, 0.25) is 15.9 Å². The summed E-state index contributed by atoms with van der Waals surface area (Å²) in [4.78, 5) is 17.7. The minimum Gasteiger partial charge on any atom is -0.369 e. The van der Waals surface area contributed by atoms with Gasteiger partial charge in [-0.3, -0.25) is 4.79 Å². The summed E-state index contributed by atoms with van der Waals surface area (Å²) in [6.07, 6.45) is -2.61. The molecule has 2 saturated heterocycles. The summed E-state index contributed by atoms with van der Waals surface area (Å²) in [6.45, 7) is 1.52. The van der Waals surface area contributed by atoms with Crippen molar-refractivity contribution in [2.75, 3.05) is 37.7 Å². The molecule has 0 bridgehead atoms. The number of hydrogen-bond donors (Lipinski definition) is 1. The van der Waals surface area contributed by atoms with Gasteiger partial charge in [0.1, 0.15) is 5.82 Å². The number of pyridine rings is 1. The Labute approximate surface area is 179 Å². The van der Waals surface area contributed by atoms with E-state index in [4.69, 9.17) is 10.5 Å². The fourth-order valence-corrected chi connectivity index (χ4v) is 5.56. The van der Waals surface area contributed by atoms with Crippen LogP contribution in [0.15, 0.2) is 18.3 Å². The summed E-state index contributed by atoms with van der Waals surface area (Å²) in [5, 5.41) is 0. The van der Waals surface area contributed by atoms with Crippen LogP contribution in [0.3, 0.4) is 0 Å². The highest BCUT2D eigenvalue weighted by atomic mass is 32.2. The summed E-state index contributed by atoms with van der Waals surface area (Å²) in [7, 11) is -3.72. The number of amides is 1. The maximum Gasteiger partial charge on any atom is 0.389 e. The van der Waals surface area contributed by atoms with E-state index in [1.54, 1.807) is 18.3 Å². The van der Waals surface area contributed by atoms with Crippen LogP contribution in [0.2, 0.25) is 0 Å². The van der Waals surface area contributed by atoms with E-state index < -0.39 is 39.9 Å². The molecule has 8 nitrogen and oxygen atoms in total. The van der Waals surface area contributed by atoms with E-state index in [9.17, 15) is 26.4 Å². The van der Waals surface area contributed by atoms with E-state index in [-0.39, 0.29) is 32.5 Å².